The molecular weight excluding hydrogens is 499 g/mol. The van der Waals surface area contributed by atoms with E-state index in [1.54, 1.807) is 12.1 Å². The van der Waals surface area contributed by atoms with Gasteiger partial charge in [0.2, 0.25) is 11.9 Å². The lowest BCUT2D eigenvalue weighted by atomic mass is 10.1. The molecule has 2 aromatic heterocycles. The highest BCUT2D eigenvalue weighted by Crippen LogP contribution is 2.37. The molecule has 0 radical (unpaired) electrons. The molecule has 2 fully saturated rings. The van der Waals surface area contributed by atoms with E-state index in [4.69, 9.17) is 11.6 Å². The third kappa shape index (κ3) is 5.23. The van der Waals surface area contributed by atoms with Gasteiger partial charge in [-0.3, -0.25) is 4.90 Å². The first-order valence-corrected chi connectivity index (χ1v) is 12.4. The first-order chi connectivity index (χ1) is 17.9. The van der Waals surface area contributed by atoms with Gasteiger partial charge in [0.25, 0.3) is 0 Å². The first kappa shape index (κ1) is 25.0. The summed E-state index contributed by atoms with van der Waals surface area (Å²) < 4.78 is 14.3. The van der Waals surface area contributed by atoms with Crippen molar-refractivity contribution < 1.29 is 9.50 Å². The first-order valence-electron chi connectivity index (χ1n) is 12.1. The van der Waals surface area contributed by atoms with Crippen LogP contribution in [0.4, 0.5) is 27.7 Å². The zero-order valence-corrected chi connectivity index (χ0v) is 21.0. The zero-order chi connectivity index (χ0) is 26.1. The molecule has 0 spiro atoms. The van der Waals surface area contributed by atoms with Gasteiger partial charge in [-0.15, -0.1) is 0 Å². The molecule has 192 valence electrons. The van der Waals surface area contributed by atoms with Crippen molar-refractivity contribution in [2.45, 2.75) is 38.0 Å². The molecule has 5 rings (SSSR count). The fraction of sp³-hybridized carbons (Fsp3) is 0.458. The van der Waals surface area contributed by atoms with Crippen LogP contribution in [0.15, 0.2) is 18.3 Å². The van der Waals surface area contributed by atoms with Crippen molar-refractivity contribution in [3.63, 3.8) is 0 Å². The fourth-order valence-electron chi connectivity index (χ4n) is 4.51. The van der Waals surface area contributed by atoms with Crippen molar-refractivity contribution in [1.82, 2.24) is 24.5 Å². The number of alkyl halides is 1. The van der Waals surface area contributed by atoms with Gasteiger partial charge in [-0.2, -0.15) is 30.1 Å². The lowest BCUT2D eigenvalue weighted by Gasteiger charge is -2.42. The molecule has 0 amide bonds. The Kier molecular flexibility index (Phi) is 6.98. The maximum absolute atomic E-state index is 12.8. The molecule has 11 nitrogen and oxygen atoms in total. The van der Waals surface area contributed by atoms with Crippen LogP contribution in [0, 0.1) is 22.7 Å². The van der Waals surface area contributed by atoms with Crippen LogP contribution < -0.4 is 15.5 Å². The minimum absolute atomic E-state index is 0.00628. The molecule has 1 unspecified atom stereocenters. The van der Waals surface area contributed by atoms with Gasteiger partial charge in [-0.05, 0) is 31.9 Å². The molecule has 3 aromatic rings. The predicted octanol–water partition coefficient (Wildman–Crippen LogP) is 2.68. The van der Waals surface area contributed by atoms with Gasteiger partial charge in [0.05, 0.1) is 40.3 Å². The quantitative estimate of drug-likeness (QED) is 0.402. The zero-order valence-electron chi connectivity index (χ0n) is 20.2. The summed E-state index contributed by atoms with van der Waals surface area (Å²) in [6, 6.07) is 7.96. The molecule has 1 saturated heterocycles. The van der Waals surface area contributed by atoms with Crippen LogP contribution in [0.1, 0.15) is 30.9 Å². The van der Waals surface area contributed by atoms with E-state index in [1.807, 2.05) is 11.8 Å². The van der Waals surface area contributed by atoms with E-state index >= 15 is 0 Å². The molecule has 0 bridgehead atoms. The van der Waals surface area contributed by atoms with Crippen LogP contribution in [0.5, 0.6) is 0 Å². The maximum Gasteiger partial charge on any atom is 0.232 e. The largest absolute Gasteiger partial charge is 0.389 e. The summed E-state index contributed by atoms with van der Waals surface area (Å²) in [6.07, 6.45) is 2.49. The maximum atomic E-state index is 12.8. The molecule has 1 aliphatic carbocycles. The van der Waals surface area contributed by atoms with Crippen molar-refractivity contribution in [1.29, 1.82) is 10.5 Å². The van der Waals surface area contributed by atoms with Crippen LogP contribution in [0.3, 0.4) is 0 Å². The predicted molar refractivity (Wildman–Crippen MR) is 137 cm³/mol. The Hall–Kier alpha value is -3.71. The summed E-state index contributed by atoms with van der Waals surface area (Å²) in [5.41, 5.74) is 2.21. The van der Waals surface area contributed by atoms with E-state index in [0.717, 1.165) is 12.8 Å². The second-order valence-corrected chi connectivity index (χ2v) is 9.78. The van der Waals surface area contributed by atoms with E-state index in [9.17, 15) is 20.0 Å². The lowest BCUT2D eigenvalue weighted by Crippen LogP contribution is -2.53. The minimum Gasteiger partial charge on any atom is -0.389 e. The topological polar surface area (TPSA) is 141 Å². The third-order valence-corrected chi connectivity index (χ3v) is 6.89. The summed E-state index contributed by atoms with van der Waals surface area (Å²) >= 11 is 6.86. The van der Waals surface area contributed by atoms with Crippen molar-refractivity contribution >= 4 is 40.5 Å². The number of β-amino-alcohol motifs (C(OH)–C–C–N with tert-alkyl or cyclic N) is 1. The number of fused-ring (bicyclic) bond motifs is 1. The van der Waals surface area contributed by atoms with Crippen molar-refractivity contribution in [2.24, 2.45) is 0 Å². The number of benzene rings is 1. The number of nitrogens with zero attached hydrogens (tertiary/aromatic N) is 8. The molecule has 2 atom stereocenters. The van der Waals surface area contributed by atoms with Crippen LogP contribution in [-0.2, 0) is 0 Å². The number of hydrogen-bond acceptors (Lipinski definition) is 10. The average Bonchev–Trinajstić information content (AvgIpc) is 3.61. The summed E-state index contributed by atoms with van der Waals surface area (Å²) in [4.78, 5) is 13.2. The number of halogens is 2. The molecule has 13 heteroatoms. The molecule has 2 aliphatic rings. The Morgan fingerprint density at radius 3 is 2.73 bits per heavy atom. The van der Waals surface area contributed by atoms with Crippen LogP contribution in [0.25, 0.3) is 5.65 Å². The second-order valence-electron chi connectivity index (χ2n) is 9.40. The highest BCUT2D eigenvalue weighted by atomic mass is 35.5. The van der Waals surface area contributed by atoms with E-state index < -0.39 is 12.8 Å². The second kappa shape index (κ2) is 10.3. The van der Waals surface area contributed by atoms with Crippen molar-refractivity contribution in [3.05, 3.63) is 34.5 Å². The van der Waals surface area contributed by atoms with Gasteiger partial charge in [0, 0.05) is 38.3 Å². The third-order valence-electron chi connectivity index (χ3n) is 6.50. The number of nitriles is 2. The Bertz CT molecular complexity index is 1390. The summed E-state index contributed by atoms with van der Waals surface area (Å²) in [7, 11) is 0. The van der Waals surface area contributed by atoms with E-state index in [1.165, 1.54) is 10.7 Å². The van der Waals surface area contributed by atoms with E-state index in [-0.39, 0.29) is 18.5 Å². The highest BCUT2D eigenvalue weighted by molar-refractivity contribution is 6.36. The van der Waals surface area contributed by atoms with Gasteiger partial charge in [0.15, 0.2) is 5.65 Å². The number of aromatic nitrogens is 4. The molecule has 37 heavy (non-hydrogen) atoms. The number of aliphatic hydroxyl groups excluding tert-OH is 1. The minimum atomic E-state index is -1.01. The fourth-order valence-corrected chi connectivity index (χ4v) is 4.78. The summed E-state index contributed by atoms with van der Waals surface area (Å²) in [6.45, 7) is 3.33. The normalized spacial score (nSPS) is 18.9. The Balaban J connectivity index is 1.46. The summed E-state index contributed by atoms with van der Waals surface area (Å²) in [5.74, 6) is 0.679. The van der Waals surface area contributed by atoms with Crippen molar-refractivity contribution in [3.8, 4) is 12.1 Å². The summed E-state index contributed by atoms with van der Waals surface area (Å²) in [5, 5.41) is 40.0. The number of piperazine rings is 1. The number of hydrogen-bond donors (Lipinski definition) is 3. The molecular formula is C24H26ClFN10O. The van der Waals surface area contributed by atoms with Gasteiger partial charge in [-0.25, -0.2) is 4.39 Å². The number of anilines is 4. The van der Waals surface area contributed by atoms with Gasteiger partial charge < -0.3 is 20.6 Å². The van der Waals surface area contributed by atoms with Crippen LogP contribution in [0.2, 0.25) is 5.02 Å². The Morgan fingerprint density at radius 2 is 2.05 bits per heavy atom. The molecule has 3 N–H and O–H groups in total. The van der Waals surface area contributed by atoms with Gasteiger partial charge in [-0.1, -0.05) is 11.6 Å². The van der Waals surface area contributed by atoms with Crippen molar-refractivity contribution in [2.75, 3.05) is 48.4 Å². The molecule has 1 saturated carbocycles. The molecule has 1 aromatic carbocycles. The number of aliphatic hydroxyl groups is 1. The van der Waals surface area contributed by atoms with E-state index in [2.05, 4.69) is 42.7 Å². The smallest absolute Gasteiger partial charge is 0.232 e. The Morgan fingerprint density at radius 1 is 1.24 bits per heavy atom. The molecule has 3 heterocycles. The standard InChI is InChI=1S/C24H26ClFN10O/c1-14-12-34(13-18(37)8-26)4-5-35(14)20-7-15(9-27)6-19(21(20)25)31-23-32-22-16(10-28)11-29-36(22)24(33-23)30-17-2-3-17/h6-7,11,14,17-18,37H,2-5,8,12-13H2,1H3,(H2,30,31,32,33)/t14-,18?/m1/s1. The monoisotopic (exact) mass is 524 g/mol. The lowest BCUT2D eigenvalue weighted by molar-refractivity contribution is 0.0817. The average molecular weight is 525 g/mol. The van der Waals surface area contributed by atoms with Gasteiger partial charge >= 0.3 is 0 Å². The van der Waals surface area contributed by atoms with Crippen LogP contribution in [-0.4, -0.2) is 80.6 Å². The highest BCUT2D eigenvalue weighted by Gasteiger charge is 2.28. The van der Waals surface area contributed by atoms with Gasteiger partial charge in [0.1, 0.15) is 18.3 Å². The van der Waals surface area contributed by atoms with E-state index in [0.29, 0.717) is 64.8 Å². The van der Waals surface area contributed by atoms with Crippen LogP contribution >= 0.6 is 11.6 Å². The molecule has 1 aliphatic heterocycles. The SMILES string of the molecule is C[C@@H]1CN(CC(O)CF)CCN1c1cc(C#N)cc(Nc2nc(NC3CC3)n3ncc(C#N)c3n2)c1Cl. The number of nitrogens with one attached hydrogen (secondary N) is 2. The Labute approximate surface area is 218 Å². The number of rotatable bonds is 8.